The summed E-state index contributed by atoms with van der Waals surface area (Å²) in [6.07, 6.45) is 1.67. The lowest BCUT2D eigenvalue weighted by molar-refractivity contribution is -0.121. The number of ether oxygens (including phenoxy) is 2. The Balaban J connectivity index is 1.97. The smallest absolute Gasteiger partial charge is 0.294 e. The fourth-order valence-electron chi connectivity index (χ4n) is 2.72. The standard InChI is InChI=1S/C19H20N4O4/c1-26-14-4-2-3-12(9-14)10-17-19(25)23(8-7-18(24)22-21)15-11-13(20)5-6-16(15)27-17/h2-6,9-11H,7-8,20-21H2,1H3,(H,22,24)/b17-10+. The van der Waals surface area contributed by atoms with Gasteiger partial charge in [-0.25, -0.2) is 5.84 Å². The first-order valence-corrected chi connectivity index (χ1v) is 8.26. The zero-order valence-corrected chi connectivity index (χ0v) is 14.8. The predicted molar refractivity (Wildman–Crippen MR) is 102 cm³/mol. The minimum absolute atomic E-state index is 0.0446. The Hall–Kier alpha value is -3.52. The second kappa shape index (κ2) is 7.79. The molecule has 8 heteroatoms. The summed E-state index contributed by atoms with van der Waals surface area (Å²) in [6, 6.07) is 12.2. The number of benzene rings is 2. The number of nitrogens with one attached hydrogen (secondary N) is 1. The Bertz CT molecular complexity index is 910. The number of amides is 2. The highest BCUT2D eigenvalue weighted by Crippen LogP contribution is 2.37. The van der Waals surface area contributed by atoms with Crippen molar-refractivity contribution in [2.24, 2.45) is 5.84 Å². The number of hydrazine groups is 1. The molecule has 0 bridgehead atoms. The molecule has 0 unspecified atom stereocenters. The number of hydrogen-bond acceptors (Lipinski definition) is 6. The molecule has 8 nitrogen and oxygen atoms in total. The molecule has 0 aromatic heterocycles. The SMILES string of the molecule is COc1cccc(/C=C2/Oc3ccc(N)cc3N(CCC(=O)NN)C2=O)c1. The van der Waals surface area contributed by atoms with Crippen LogP contribution in [0.3, 0.4) is 0 Å². The van der Waals surface area contributed by atoms with Gasteiger partial charge in [-0.3, -0.25) is 15.0 Å². The Morgan fingerprint density at radius 3 is 2.85 bits per heavy atom. The van der Waals surface area contributed by atoms with Gasteiger partial charge in [0.2, 0.25) is 5.91 Å². The molecule has 0 saturated heterocycles. The Morgan fingerprint density at radius 2 is 2.11 bits per heavy atom. The second-order valence-corrected chi connectivity index (χ2v) is 5.89. The molecule has 0 fully saturated rings. The highest BCUT2D eigenvalue weighted by molar-refractivity contribution is 6.10. The van der Waals surface area contributed by atoms with Gasteiger partial charge in [0.05, 0.1) is 12.8 Å². The quantitative estimate of drug-likeness (QED) is 0.241. The van der Waals surface area contributed by atoms with Crippen molar-refractivity contribution in [3.8, 4) is 11.5 Å². The summed E-state index contributed by atoms with van der Waals surface area (Å²) in [6.45, 7) is 0.136. The van der Waals surface area contributed by atoms with Crippen molar-refractivity contribution in [3.05, 3.63) is 53.8 Å². The van der Waals surface area contributed by atoms with E-state index < -0.39 is 0 Å². The average molecular weight is 368 g/mol. The van der Waals surface area contributed by atoms with E-state index in [1.54, 1.807) is 43.5 Å². The molecular weight excluding hydrogens is 348 g/mol. The van der Waals surface area contributed by atoms with E-state index >= 15 is 0 Å². The van der Waals surface area contributed by atoms with Gasteiger partial charge in [0.25, 0.3) is 5.91 Å². The van der Waals surface area contributed by atoms with Gasteiger partial charge in [-0.2, -0.15) is 0 Å². The van der Waals surface area contributed by atoms with Crippen molar-refractivity contribution in [1.29, 1.82) is 0 Å². The monoisotopic (exact) mass is 368 g/mol. The number of nitrogens with zero attached hydrogens (tertiary/aromatic N) is 1. The first kappa shape index (κ1) is 18.3. The van der Waals surface area contributed by atoms with Crippen LogP contribution in [-0.2, 0) is 9.59 Å². The lowest BCUT2D eigenvalue weighted by Gasteiger charge is -2.30. The third kappa shape index (κ3) is 4.01. The summed E-state index contributed by atoms with van der Waals surface area (Å²) >= 11 is 0. The van der Waals surface area contributed by atoms with Crippen LogP contribution in [-0.4, -0.2) is 25.5 Å². The molecule has 0 atom stereocenters. The molecule has 0 saturated carbocycles. The van der Waals surface area contributed by atoms with Crippen LogP contribution in [0.1, 0.15) is 12.0 Å². The Morgan fingerprint density at radius 1 is 1.30 bits per heavy atom. The second-order valence-electron chi connectivity index (χ2n) is 5.89. The first-order valence-electron chi connectivity index (χ1n) is 8.26. The van der Waals surface area contributed by atoms with Crippen molar-refractivity contribution in [1.82, 2.24) is 5.43 Å². The van der Waals surface area contributed by atoms with Crippen molar-refractivity contribution >= 4 is 29.3 Å². The molecule has 27 heavy (non-hydrogen) atoms. The lowest BCUT2D eigenvalue weighted by atomic mass is 10.1. The summed E-state index contributed by atoms with van der Waals surface area (Å²) < 4.78 is 11.0. The lowest BCUT2D eigenvalue weighted by Crippen LogP contribution is -2.40. The zero-order valence-electron chi connectivity index (χ0n) is 14.8. The molecule has 0 spiro atoms. The van der Waals surface area contributed by atoms with E-state index in [0.717, 1.165) is 5.56 Å². The van der Waals surface area contributed by atoms with Crippen molar-refractivity contribution < 1.29 is 19.1 Å². The highest BCUT2D eigenvalue weighted by atomic mass is 16.5. The molecule has 2 aromatic carbocycles. The zero-order chi connectivity index (χ0) is 19.4. The maximum Gasteiger partial charge on any atom is 0.294 e. The number of rotatable bonds is 5. The van der Waals surface area contributed by atoms with Gasteiger partial charge in [-0.15, -0.1) is 0 Å². The minimum Gasteiger partial charge on any atom is -0.497 e. The van der Waals surface area contributed by atoms with Crippen LogP contribution in [0.25, 0.3) is 6.08 Å². The maximum atomic E-state index is 13.0. The summed E-state index contributed by atoms with van der Waals surface area (Å²) in [7, 11) is 1.57. The summed E-state index contributed by atoms with van der Waals surface area (Å²) in [5.74, 6) is 5.65. The van der Waals surface area contributed by atoms with Crippen molar-refractivity contribution in [2.45, 2.75) is 6.42 Å². The largest absolute Gasteiger partial charge is 0.497 e. The number of carbonyl (C=O) groups is 2. The number of hydrogen-bond donors (Lipinski definition) is 3. The normalized spacial score (nSPS) is 14.5. The van der Waals surface area contributed by atoms with E-state index in [1.165, 1.54) is 4.90 Å². The van der Waals surface area contributed by atoms with Crippen molar-refractivity contribution in [2.75, 3.05) is 24.3 Å². The molecular formula is C19H20N4O4. The van der Waals surface area contributed by atoms with Crippen LogP contribution in [0.4, 0.5) is 11.4 Å². The van der Waals surface area contributed by atoms with Crippen LogP contribution in [0, 0.1) is 0 Å². The molecule has 1 heterocycles. The summed E-state index contributed by atoms with van der Waals surface area (Å²) in [5, 5.41) is 0. The number of carbonyl (C=O) groups excluding carboxylic acids is 2. The van der Waals surface area contributed by atoms with Gasteiger partial charge in [0.15, 0.2) is 11.5 Å². The van der Waals surface area contributed by atoms with Gasteiger partial charge < -0.3 is 20.1 Å². The fourth-order valence-corrected chi connectivity index (χ4v) is 2.72. The van der Waals surface area contributed by atoms with Gasteiger partial charge in [0, 0.05) is 18.7 Å². The number of methoxy groups -OCH3 is 1. The number of nitrogen functional groups attached to an aromatic ring is 1. The third-order valence-corrected chi connectivity index (χ3v) is 4.06. The van der Waals surface area contributed by atoms with Crippen LogP contribution < -0.4 is 31.4 Å². The van der Waals surface area contributed by atoms with E-state index in [1.807, 2.05) is 12.1 Å². The van der Waals surface area contributed by atoms with Crippen LogP contribution in [0.5, 0.6) is 11.5 Å². The Kier molecular flexibility index (Phi) is 5.28. The predicted octanol–water partition coefficient (Wildman–Crippen LogP) is 1.42. The van der Waals surface area contributed by atoms with E-state index in [9.17, 15) is 9.59 Å². The maximum absolute atomic E-state index is 13.0. The number of anilines is 2. The molecule has 0 radical (unpaired) electrons. The van der Waals surface area contributed by atoms with Gasteiger partial charge >= 0.3 is 0 Å². The molecule has 1 aliphatic heterocycles. The molecule has 3 rings (SSSR count). The molecule has 1 aliphatic rings. The topological polar surface area (TPSA) is 120 Å². The van der Waals surface area contributed by atoms with E-state index in [2.05, 4.69) is 5.43 Å². The first-order chi connectivity index (χ1) is 13.0. The van der Waals surface area contributed by atoms with E-state index in [-0.39, 0.29) is 30.5 Å². The van der Waals surface area contributed by atoms with E-state index in [4.69, 9.17) is 21.1 Å². The Labute approximate surface area is 156 Å². The average Bonchev–Trinajstić information content (AvgIpc) is 2.68. The molecule has 2 aromatic rings. The molecule has 2 amide bonds. The van der Waals surface area contributed by atoms with Crippen molar-refractivity contribution in [3.63, 3.8) is 0 Å². The highest BCUT2D eigenvalue weighted by Gasteiger charge is 2.30. The molecule has 0 aliphatic carbocycles. The minimum atomic E-state index is -0.377. The van der Waals surface area contributed by atoms with Crippen LogP contribution in [0.15, 0.2) is 48.2 Å². The van der Waals surface area contributed by atoms with E-state index in [0.29, 0.717) is 22.9 Å². The summed E-state index contributed by atoms with van der Waals surface area (Å²) in [5.41, 5.74) is 9.64. The number of nitrogens with two attached hydrogens (primary N) is 2. The molecule has 140 valence electrons. The number of fused-ring (bicyclic) bond motifs is 1. The van der Waals surface area contributed by atoms with Crippen LogP contribution >= 0.6 is 0 Å². The fraction of sp³-hybridized carbons (Fsp3) is 0.158. The summed E-state index contributed by atoms with van der Waals surface area (Å²) in [4.78, 5) is 25.9. The third-order valence-electron chi connectivity index (χ3n) is 4.06. The van der Waals surface area contributed by atoms with Gasteiger partial charge in [-0.1, -0.05) is 12.1 Å². The van der Waals surface area contributed by atoms with Gasteiger partial charge in [-0.05, 0) is 42.0 Å². The van der Waals surface area contributed by atoms with Crippen LogP contribution in [0.2, 0.25) is 0 Å². The van der Waals surface area contributed by atoms with Gasteiger partial charge in [0.1, 0.15) is 5.75 Å². The molecule has 5 N–H and O–H groups in total.